The van der Waals surface area contributed by atoms with Crippen molar-refractivity contribution in [2.24, 2.45) is 0 Å². The van der Waals surface area contributed by atoms with Gasteiger partial charge in [0.1, 0.15) is 5.75 Å². The molecule has 1 heterocycles. The molecule has 0 aliphatic rings. The molecule has 98 valence electrons. The van der Waals surface area contributed by atoms with Gasteiger partial charge in [0.25, 0.3) is 0 Å². The molecule has 19 heavy (non-hydrogen) atoms. The molecule has 0 saturated carbocycles. The van der Waals surface area contributed by atoms with Crippen molar-refractivity contribution in [3.8, 4) is 5.75 Å². The lowest BCUT2D eigenvalue weighted by molar-refractivity contribution is 0.215. The quantitative estimate of drug-likeness (QED) is 0.881. The van der Waals surface area contributed by atoms with Crippen LogP contribution in [-0.4, -0.2) is 23.0 Å². The van der Waals surface area contributed by atoms with Gasteiger partial charge in [0, 0.05) is 11.6 Å². The van der Waals surface area contributed by atoms with Crippen molar-refractivity contribution >= 4 is 17.5 Å². The average molecular weight is 260 g/mol. The maximum Gasteiger partial charge on any atom is 0.418 e. The van der Waals surface area contributed by atoms with Gasteiger partial charge >= 0.3 is 6.09 Å². The number of rotatable bonds is 4. The molecule has 2 rings (SSSR count). The number of para-hydroxylation sites is 1. The van der Waals surface area contributed by atoms with Gasteiger partial charge in [-0.15, -0.1) is 0 Å². The number of aliphatic hydroxyl groups excluding tert-OH is 1. The number of carbonyl (C=O) groups excluding carboxylic acids is 1. The minimum absolute atomic E-state index is 0.186. The number of benzene rings is 1. The predicted molar refractivity (Wildman–Crippen MR) is 68.7 cm³/mol. The first-order chi connectivity index (χ1) is 9.19. The molecule has 6 heteroatoms. The molecule has 0 atom stereocenters. The molecular weight excluding hydrogens is 248 g/mol. The van der Waals surface area contributed by atoms with Crippen LogP contribution in [0.1, 0.15) is 5.76 Å². The minimum atomic E-state index is -0.680. The van der Waals surface area contributed by atoms with Crippen LogP contribution < -0.4 is 10.1 Å². The lowest BCUT2D eigenvalue weighted by Gasteiger charge is -2.02. The normalized spacial score (nSPS) is 9.95. The van der Waals surface area contributed by atoms with E-state index < -0.39 is 6.09 Å². The molecule has 0 aliphatic carbocycles. The molecule has 6 nitrogen and oxygen atoms in total. The Hall–Kier alpha value is -2.60. The number of anilines is 1. The molecule has 0 fully saturated rings. The number of nitrogens with zero attached hydrogens (tertiary/aromatic N) is 1. The van der Waals surface area contributed by atoms with Gasteiger partial charge in [-0.05, 0) is 12.1 Å². The number of nitrogens with one attached hydrogen (secondary N) is 1. The predicted octanol–water partition coefficient (Wildman–Crippen LogP) is 2.29. The Bertz CT molecular complexity index is 577. The molecule has 2 N–H and O–H groups in total. The highest BCUT2D eigenvalue weighted by atomic mass is 16.6. The summed E-state index contributed by atoms with van der Waals surface area (Å²) in [6.45, 7) is 3.33. The smallest absolute Gasteiger partial charge is 0.410 e. The van der Waals surface area contributed by atoms with Crippen LogP contribution >= 0.6 is 0 Å². The standard InChI is InChI=1S/C13H12N2O4/c1-9(8-16)11-7-12(15-19-11)14-13(17)18-10-5-3-2-4-6-10/h2-7,16H,1,8H2,(H,14,15,17). The topological polar surface area (TPSA) is 84.6 Å². The van der Waals surface area contributed by atoms with Gasteiger partial charge < -0.3 is 14.4 Å². The number of hydrogen-bond acceptors (Lipinski definition) is 5. The molecule has 0 bridgehead atoms. The van der Waals surface area contributed by atoms with E-state index in [1.54, 1.807) is 24.3 Å². The third kappa shape index (κ3) is 3.43. The van der Waals surface area contributed by atoms with Crippen LogP contribution in [0.25, 0.3) is 5.57 Å². The SMILES string of the molecule is C=C(CO)c1cc(NC(=O)Oc2ccccc2)no1. The van der Waals surface area contributed by atoms with Crippen molar-refractivity contribution in [2.45, 2.75) is 0 Å². The summed E-state index contributed by atoms with van der Waals surface area (Å²) >= 11 is 0. The summed E-state index contributed by atoms with van der Waals surface area (Å²) in [6, 6.07) is 10.1. The minimum Gasteiger partial charge on any atom is -0.410 e. The number of hydrogen-bond donors (Lipinski definition) is 2. The zero-order valence-corrected chi connectivity index (χ0v) is 10.00. The van der Waals surface area contributed by atoms with Crippen LogP contribution in [0.4, 0.5) is 10.6 Å². The van der Waals surface area contributed by atoms with Crippen LogP contribution in [0.2, 0.25) is 0 Å². The fourth-order valence-corrected chi connectivity index (χ4v) is 1.30. The Morgan fingerprint density at radius 3 is 2.84 bits per heavy atom. The highest BCUT2D eigenvalue weighted by Crippen LogP contribution is 2.16. The molecule has 0 unspecified atom stereocenters. The molecule has 2 aromatic rings. The molecule has 1 aromatic heterocycles. The van der Waals surface area contributed by atoms with E-state index in [9.17, 15) is 4.79 Å². The monoisotopic (exact) mass is 260 g/mol. The third-order valence-electron chi connectivity index (χ3n) is 2.23. The van der Waals surface area contributed by atoms with Gasteiger partial charge in [0.05, 0.1) is 6.61 Å². The molecule has 0 aliphatic heterocycles. The Labute approximate surface area is 109 Å². The van der Waals surface area contributed by atoms with E-state index in [2.05, 4.69) is 17.1 Å². The van der Waals surface area contributed by atoms with Crippen LogP contribution in [0.3, 0.4) is 0 Å². The van der Waals surface area contributed by atoms with E-state index in [1.807, 2.05) is 6.07 Å². The second-order valence-corrected chi connectivity index (χ2v) is 3.67. The molecule has 1 amide bonds. The molecule has 0 spiro atoms. The highest BCUT2D eigenvalue weighted by molar-refractivity contribution is 5.85. The number of ether oxygens (including phenoxy) is 1. The molecule has 1 aromatic carbocycles. The molecule has 0 saturated heterocycles. The molecule has 0 radical (unpaired) electrons. The Kier molecular flexibility index (Phi) is 3.94. The zero-order chi connectivity index (χ0) is 13.7. The second kappa shape index (κ2) is 5.83. The van der Waals surface area contributed by atoms with E-state index in [0.29, 0.717) is 17.1 Å². The first kappa shape index (κ1) is 12.8. The summed E-state index contributed by atoms with van der Waals surface area (Å²) in [5.41, 5.74) is 0.372. The Morgan fingerprint density at radius 2 is 2.16 bits per heavy atom. The lowest BCUT2D eigenvalue weighted by Crippen LogP contribution is -2.16. The molecular formula is C13H12N2O4. The van der Waals surface area contributed by atoms with Gasteiger partial charge in [-0.25, -0.2) is 4.79 Å². The van der Waals surface area contributed by atoms with Crippen molar-refractivity contribution in [1.82, 2.24) is 5.16 Å². The Balaban J connectivity index is 1.96. The van der Waals surface area contributed by atoms with E-state index >= 15 is 0 Å². The highest BCUT2D eigenvalue weighted by Gasteiger charge is 2.11. The van der Waals surface area contributed by atoms with Crippen molar-refractivity contribution < 1.29 is 19.2 Å². The lowest BCUT2D eigenvalue weighted by atomic mass is 10.2. The van der Waals surface area contributed by atoms with Crippen LogP contribution in [0.15, 0.2) is 47.5 Å². The van der Waals surface area contributed by atoms with E-state index in [1.165, 1.54) is 6.07 Å². The average Bonchev–Trinajstić information content (AvgIpc) is 2.87. The van der Waals surface area contributed by atoms with Crippen molar-refractivity contribution in [1.29, 1.82) is 0 Å². The van der Waals surface area contributed by atoms with E-state index in [-0.39, 0.29) is 12.4 Å². The number of amides is 1. The van der Waals surface area contributed by atoms with Gasteiger partial charge in [-0.3, -0.25) is 5.32 Å². The fourth-order valence-electron chi connectivity index (χ4n) is 1.30. The number of aromatic nitrogens is 1. The Morgan fingerprint density at radius 1 is 1.42 bits per heavy atom. The van der Waals surface area contributed by atoms with Crippen molar-refractivity contribution in [2.75, 3.05) is 11.9 Å². The maximum absolute atomic E-state index is 11.5. The first-order valence-electron chi connectivity index (χ1n) is 5.48. The van der Waals surface area contributed by atoms with Gasteiger partial charge in [0.15, 0.2) is 11.6 Å². The van der Waals surface area contributed by atoms with Crippen LogP contribution in [-0.2, 0) is 0 Å². The zero-order valence-electron chi connectivity index (χ0n) is 10.00. The summed E-state index contributed by atoms with van der Waals surface area (Å²) in [5, 5.41) is 14.9. The number of aliphatic hydroxyl groups is 1. The summed E-state index contributed by atoms with van der Waals surface area (Å²) < 4.78 is 9.90. The number of carbonyl (C=O) groups is 1. The largest absolute Gasteiger partial charge is 0.418 e. The first-order valence-corrected chi connectivity index (χ1v) is 5.48. The van der Waals surface area contributed by atoms with E-state index in [4.69, 9.17) is 14.4 Å². The van der Waals surface area contributed by atoms with Crippen molar-refractivity contribution in [3.05, 3.63) is 48.7 Å². The van der Waals surface area contributed by atoms with E-state index in [0.717, 1.165) is 0 Å². The third-order valence-corrected chi connectivity index (χ3v) is 2.23. The fraction of sp³-hybridized carbons (Fsp3) is 0.0769. The second-order valence-electron chi connectivity index (χ2n) is 3.67. The van der Waals surface area contributed by atoms with Gasteiger partial charge in [-0.2, -0.15) is 0 Å². The summed E-state index contributed by atoms with van der Waals surface area (Å²) in [7, 11) is 0. The van der Waals surface area contributed by atoms with Gasteiger partial charge in [-0.1, -0.05) is 29.9 Å². The van der Waals surface area contributed by atoms with Gasteiger partial charge in [0.2, 0.25) is 0 Å². The summed E-state index contributed by atoms with van der Waals surface area (Å²) in [6.07, 6.45) is -0.680. The summed E-state index contributed by atoms with van der Waals surface area (Å²) in [5.74, 6) is 0.909. The maximum atomic E-state index is 11.5. The van der Waals surface area contributed by atoms with Crippen LogP contribution in [0.5, 0.6) is 5.75 Å². The van der Waals surface area contributed by atoms with Crippen LogP contribution in [0, 0.1) is 0 Å². The summed E-state index contributed by atoms with van der Waals surface area (Å²) in [4.78, 5) is 11.5. The van der Waals surface area contributed by atoms with Crippen molar-refractivity contribution in [3.63, 3.8) is 0 Å².